The molecule has 2 fully saturated rings. The van der Waals surface area contributed by atoms with Crippen LogP contribution in [0.1, 0.15) is 60.4 Å². The van der Waals surface area contributed by atoms with Gasteiger partial charge < -0.3 is 11.1 Å². The number of amides is 1. The van der Waals surface area contributed by atoms with Crippen LogP contribution in [0.25, 0.3) is 0 Å². The Kier molecular flexibility index (Phi) is 6.15. The van der Waals surface area contributed by atoms with Crippen molar-refractivity contribution in [2.24, 2.45) is 23.5 Å². The Labute approximate surface area is 149 Å². The predicted molar refractivity (Wildman–Crippen MR) is 99.1 cm³/mol. The second kappa shape index (κ2) is 7.54. The highest BCUT2D eigenvalue weighted by molar-refractivity contribution is 7.12. The summed E-state index contributed by atoms with van der Waals surface area (Å²) in [6, 6.07) is 2.64. The van der Waals surface area contributed by atoms with E-state index in [2.05, 4.69) is 32.2 Å². The Bertz CT molecular complexity index is 545. The monoisotopic (exact) mass is 356 g/mol. The molecule has 2 saturated carbocycles. The van der Waals surface area contributed by atoms with Crippen molar-refractivity contribution in [3.8, 4) is 0 Å². The number of thiophene rings is 1. The largest absolute Gasteiger partial charge is 0.349 e. The molecule has 5 heteroatoms. The zero-order valence-electron chi connectivity index (χ0n) is 14.3. The van der Waals surface area contributed by atoms with Gasteiger partial charge in [-0.2, -0.15) is 0 Å². The Morgan fingerprint density at radius 3 is 2.43 bits per heavy atom. The van der Waals surface area contributed by atoms with Gasteiger partial charge in [0.1, 0.15) is 0 Å². The summed E-state index contributed by atoms with van der Waals surface area (Å²) in [6.07, 6.45) is 5.68. The van der Waals surface area contributed by atoms with E-state index < -0.39 is 0 Å². The maximum absolute atomic E-state index is 12.7. The summed E-state index contributed by atoms with van der Waals surface area (Å²) in [4.78, 5) is 15.3. The van der Waals surface area contributed by atoms with Gasteiger partial charge in [-0.1, -0.05) is 6.42 Å². The number of aryl methyl sites for hydroxylation is 2. The summed E-state index contributed by atoms with van der Waals surface area (Å²) in [5.41, 5.74) is 7.60. The number of hydrogen-bond acceptors (Lipinski definition) is 3. The molecule has 2 aliphatic rings. The van der Waals surface area contributed by atoms with E-state index in [-0.39, 0.29) is 30.3 Å². The molecule has 0 spiro atoms. The van der Waals surface area contributed by atoms with Crippen LogP contribution in [0.3, 0.4) is 0 Å². The number of nitrogens with two attached hydrogens (primary N) is 1. The molecule has 2 bridgehead atoms. The molecule has 3 N–H and O–H groups in total. The normalized spacial score (nSPS) is 31.1. The molecule has 3 nitrogen and oxygen atoms in total. The molecule has 130 valence electrons. The first kappa shape index (κ1) is 18.8. The van der Waals surface area contributed by atoms with Gasteiger partial charge in [0.2, 0.25) is 5.91 Å². The molecule has 1 amide bonds. The highest BCUT2D eigenvalue weighted by Gasteiger charge is 2.40. The van der Waals surface area contributed by atoms with Crippen LogP contribution in [0.5, 0.6) is 0 Å². The summed E-state index contributed by atoms with van der Waals surface area (Å²) >= 11 is 1.81. The molecule has 1 heterocycles. The molecular weight excluding hydrogens is 328 g/mol. The third kappa shape index (κ3) is 3.92. The lowest BCUT2D eigenvalue weighted by molar-refractivity contribution is -0.128. The minimum Gasteiger partial charge on any atom is -0.349 e. The smallest absolute Gasteiger partial charge is 0.223 e. The SMILES string of the molecule is Cc1cc(C(C)NC(=O)C2CC3CCCC(C2)C3N)c(C)s1.Cl. The van der Waals surface area contributed by atoms with E-state index in [1.165, 1.54) is 34.6 Å². The van der Waals surface area contributed by atoms with Crippen LogP contribution in [-0.4, -0.2) is 11.9 Å². The van der Waals surface area contributed by atoms with E-state index >= 15 is 0 Å². The van der Waals surface area contributed by atoms with Gasteiger partial charge in [0.05, 0.1) is 6.04 Å². The topological polar surface area (TPSA) is 55.1 Å². The van der Waals surface area contributed by atoms with Crippen LogP contribution in [0, 0.1) is 31.6 Å². The fourth-order valence-corrected chi connectivity index (χ4v) is 5.51. The number of nitrogens with one attached hydrogen (secondary N) is 1. The Morgan fingerprint density at radius 2 is 1.91 bits per heavy atom. The molecule has 2 aliphatic carbocycles. The van der Waals surface area contributed by atoms with Gasteiger partial charge in [-0.3, -0.25) is 4.79 Å². The maximum atomic E-state index is 12.7. The number of halogens is 1. The Morgan fingerprint density at radius 1 is 1.30 bits per heavy atom. The highest BCUT2D eigenvalue weighted by Crippen LogP contribution is 2.42. The van der Waals surface area contributed by atoms with E-state index in [0.29, 0.717) is 17.9 Å². The Hall–Kier alpha value is -0.580. The van der Waals surface area contributed by atoms with Crippen molar-refractivity contribution >= 4 is 29.7 Å². The van der Waals surface area contributed by atoms with Crippen LogP contribution < -0.4 is 11.1 Å². The average molecular weight is 357 g/mol. The second-order valence-electron chi connectivity index (χ2n) is 7.30. The van der Waals surface area contributed by atoms with Gasteiger partial charge in [-0.15, -0.1) is 23.7 Å². The van der Waals surface area contributed by atoms with Crippen molar-refractivity contribution in [2.45, 2.75) is 65.0 Å². The summed E-state index contributed by atoms with van der Waals surface area (Å²) in [5, 5.41) is 3.25. The molecule has 23 heavy (non-hydrogen) atoms. The standard InChI is InChI=1S/C18H28N2OS.ClH/c1-10-7-16(12(3)22-10)11(2)20-18(21)15-8-13-5-4-6-14(9-15)17(13)19;/h7,11,13-15,17H,4-6,8-9,19H2,1-3H3,(H,20,21);1H. The average Bonchev–Trinajstić information content (AvgIpc) is 2.77. The van der Waals surface area contributed by atoms with E-state index in [1.807, 2.05) is 0 Å². The lowest BCUT2D eigenvalue weighted by Gasteiger charge is -2.43. The lowest BCUT2D eigenvalue weighted by Crippen LogP contribution is -2.49. The molecule has 0 saturated heterocycles. The van der Waals surface area contributed by atoms with E-state index in [1.54, 1.807) is 11.3 Å². The first-order valence-corrected chi connectivity index (χ1v) is 9.40. The third-order valence-electron chi connectivity index (χ3n) is 5.69. The minimum atomic E-state index is 0. The van der Waals surface area contributed by atoms with Crippen LogP contribution in [0.15, 0.2) is 6.07 Å². The van der Waals surface area contributed by atoms with Gasteiger partial charge in [-0.25, -0.2) is 0 Å². The molecule has 0 aromatic carbocycles. The molecule has 1 aromatic rings. The summed E-state index contributed by atoms with van der Waals surface area (Å²) in [7, 11) is 0. The van der Waals surface area contributed by atoms with Gasteiger partial charge >= 0.3 is 0 Å². The second-order valence-corrected chi connectivity index (χ2v) is 8.76. The van der Waals surface area contributed by atoms with Crippen LogP contribution in [-0.2, 0) is 4.79 Å². The van der Waals surface area contributed by atoms with Crippen molar-refractivity contribution in [3.05, 3.63) is 21.4 Å². The predicted octanol–water partition coefficient (Wildman–Crippen LogP) is 4.12. The zero-order valence-corrected chi connectivity index (χ0v) is 15.9. The number of hydrogen-bond donors (Lipinski definition) is 2. The van der Waals surface area contributed by atoms with Crippen LogP contribution in [0.4, 0.5) is 0 Å². The quantitative estimate of drug-likeness (QED) is 0.855. The first-order valence-electron chi connectivity index (χ1n) is 8.58. The lowest BCUT2D eigenvalue weighted by atomic mass is 9.65. The van der Waals surface area contributed by atoms with Crippen molar-refractivity contribution in [1.29, 1.82) is 0 Å². The number of fused-ring (bicyclic) bond motifs is 2. The van der Waals surface area contributed by atoms with Gasteiger partial charge in [0.15, 0.2) is 0 Å². The number of carbonyl (C=O) groups excluding carboxylic acids is 1. The summed E-state index contributed by atoms with van der Waals surface area (Å²) in [5.74, 6) is 1.52. The molecule has 3 atom stereocenters. The maximum Gasteiger partial charge on any atom is 0.223 e. The molecule has 3 unspecified atom stereocenters. The van der Waals surface area contributed by atoms with Gasteiger partial charge in [-0.05, 0) is 69.9 Å². The third-order valence-corrected chi connectivity index (χ3v) is 6.67. The molecule has 1 aromatic heterocycles. The van der Waals surface area contributed by atoms with Crippen LogP contribution >= 0.6 is 23.7 Å². The van der Waals surface area contributed by atoms with Crippen molar-refractivity contribution in [2.75, 3.05) is 0 Å². The van der Waals surface area contributed by atoms with Crippen molar-refractivity contribution in [1.82, 2.24) is 5.32 Å². The minimum absolute atomic E-state index is 0. The van der Waals surface area contributed by atoms with Crippen molar-refractivity contribution < 1.29 is 4.79 Å². The van der Waals surface area contributed by atoms with Crippen LogP contribution in [0.2, 0.25) is 0 Å². The number of rotatable bonds is 3. The molecule has 3 rings (SSSR count). The van der Waals surface area contributed by atoms with Gasteiger partial charge in [0.25, 0.3) is 0 Å². The summed E-state index contributed by atoms with van der Waals surface area (Å²) < 4.78 is 0. The summed E-state index contributed by atoms with van der Waals surface area (Å²) in [6.45, 7) is 6.36. The highest BCUT2D eigenvalue weighted by atomic mass is 35.5. The van der Waals surface area contributed by atoms with E-state index in [4.69, 9.17) is 5.73 Å². The molecular formula is C18H29ClN2OS. The molecule has 0 radical (unpaired) electrons. The first-order chi connectivity index (χ1) is 10.5. The van der Waals surface area contributed by atoms with E-state index in [0.717, 1.165) is 12.8 Å². The number of carbonyl (C=O) groups is 1. The van der Waals surface area contributed by atoms with Crippen molar-refractivity contribution in [3.63, 3.8) is 0 Å². The fourth-order valence-electron chi connectivity index (χ4n) is 4.49. The zero-order chi connectivity index (χ0) is 15.9. The molecule has 0 aliphatic heterocycles. The Balaban J connectivity index is 0.00000192. The fraction of sp³-hybridized carbons (Fsp3) is 0.722. The van der Waals surface area contributed by atoms with E-state index in [9.17, 15) is 4.79 Å². The van der Waals surface area contributed by atoms with Gasteiger partial charge in [0, 0.05) is 21.7 Å².